The van der Waals surface area contributed by atoms with Crippen molar-refractivity contribution in [3.63, 3.8) is 0 Å². The van der Waals surface area contributed by atoms with Crippen LogP contribution in [-0.4, -0.2) is 40.0 Å². The van der Waals surface area contributed by atoms with Crippen LogP contribution in [0.25, 0.3) is 0 Å². The van der Waals surface area contributed by atoms with E-state index in [2.05, 4.69) is 10.2 Å². The van der Waals surface area contributed by atoms with Crippen molar-refractivity contribution in [3.8, 4) is 0 Å². The maximum absolute atomic E-state index is 9.31. The van der Waals surface area contributed by atoms with Gasteiger partial charge in [-0.25, -0.2) is 0 Å². The maximum Gasteiger partial charge on any atom is 0.161 e. The fraction of sp³-hybridized carbons (Fsp3) is 0.583. The summed E-state index contributed by atoms with van der Waals surface area (Å²) in [7, 11) is 1.89. The summed E-state index contributed by atoms with van der Waals surface area (Å²) in [5, 5.41) is 17.6. The van der Waals surface area contributed by atoms with Crippen molar-refractivity contribution in [2.75, 3.05) is 18.5 Å². The number of hydrogen-bond donors (Lipinski definition) is 2. The molecule has 1 aromatic heterocycles. The lowest BCUT2D eigenvalue weighted by Gasteiger charge is -2.22. The highest BCUT2D eigenvalue weighted by Crippen LogP contribution is 2.21. The van der Waals surface area contributed by atoms with Gasteiger partial charge in [-0.05, 0) is 32.8 Å². The number of nitrogens with zero attached hydrogens (tertiary/aromatic N) is 3. The predicted octanol–water partition coefficient (Wildman–Crippen LogP) is 0.935. The third kappa shape index (κ3) is 3.36. The summed E-state index contributed by atoms with van der Waals surface area (Å²) in [6.45, 7) is 6.24. The molecule has 1 unspecified atom stereocenters. The Kier molecular flexibility index (Phi) is 4.98. The molecule has 0 aliphatic heterocycles. The molecule has 0 fully saturated rings. The fourth-order valence-corrected chi connectivity index (χ4v) is 1.89. The Hall–Kier alpha value is -1.27. The van der Waals surface area contributed by atoms with Gasteiger partial charge < -0.3 is 15.7 Å². The van der Waals surface area contributed by atoms with Gasteiger partial charge in [-0.2, -0.15) is 5.10 Å². The van der Waals surface area contributed by atoms with Crippen molar-refractivity contribution in [1.29, 1.82) is 0 Å². The highest BCUT2D eigenvalue weighted by Gasteiger charge is 2.17. The molecule has 0 saturated heterocycles. The zero-order valence-corrected chi connectivity index (χ0v) is 12.1. The van der Waals surface area contributed by atoms with Crippen LogP contribution in [0, 0.1) is 13.8 Å². The second kappa shape index (κ2) is 6.06. The molecule has 1 aromatic rings. The number of rotatable bonds is 5. The van der Waals surface area contributed by atoms with E-state index >= 15 is 0 Å². The number of nitrogens with two attached hydrogens (primary N) is 1. The molecule has 5 nitrogen and oxygen atoms in total. The zero-order valence-electron chi connectivity index (χ0n) is 11.3. The SMILES string of the molecule is Cc1nnc(N(C)CCC(C)O)c(C(N)=S)c1C. The van der Waals surface area contributed by atoms with Gasteiger partial charge in [0, 0.05) is 13.6 Å². The van der Waals surface area contributed by atoms with Gasteiger partial charge in [0.05, 0.1) is 17.4 Å². The van der Waals surface area contributed by atoms with E-state index < -0.39 is 0 Å². The van der Waals surface area contributed by atoms with Crippen LogP contribution in [-0.2, 0) is 0 Å². The van der Waals surface area contributed by atoms with Gasteiger partial charge in [-0.3, -0.25) is 0 Å². The van der Waals surface area contributed by atoms with E-state index in [4.69, 9.17) is 18.0 Å². The summed E-state index contributed by atoms with van der Waals surface area (Å²) in [6.07, 6.45) is 0.308. The number of aliphatic hydroxyl groups is 1. The van der Waals surface area contributed by atoms with Crippen molar-refractivity contribution in [2.24, 2.45) is 5.73 Å². The van der Waals surface area contributed by atoms with E-state index in [1.807, 2.05) is 25.8 Å². The van der Waals surface area contributed by atoms with Crippen LogP contribution in [0.5, 0.6) is 0 Å². The molecule has 0 aliphatic rings. The molecule has 18 heavy (non-hydrogen) atoms. The molecule has 1 atom stereocenters. The zero-order chi connectivity index (χ0) is 13.9. The average molecular weight is 268 g/mol. The fourth-order valence-electron chi connectivity index (χ4n) is 1.64. The highest BCUT2D eigenvalue weighted by atomic mass is 32.1. The van der Waals surface area contributed by atoms with Crippen molar-refractivity contribution >= 4 is 23.0 Å². The van der Waals surface area contributed by atoms with E-state index in [0.717, 1.165) is 16.8 Å². The lowest BCUT2D eigenvalue weighted by atomic mass is 10.1. The van der Waals surface area contributed by atoms with Gasteiger partial charge >= 0.3 is 0 Å². The van der Waals surface area contributed by atoms with Crippen LogP contribution in [0.3, 0.4) is 0 Å². The molecule has 0 bridgehead atoms. The van der Waals surface area contributed by atoms with Crippen molar-refractivity contribution in [2.45, 2.75) is 33.3 Å². The largest absolute Gasteiger partial charge is 0.393 e. The number of anilines is 1. The second-order valence-electron chi connectivity index (χ2n) is 4.53. The molecular formula is C12H20N4OS. The Morgan fingerprint density at radius 1 is 1.44 bits per heavy atom. The van der Waals surface area contributed by atoms with Crippen LogP contribution in [0.2, 0.25) is 0 Å². The Balaban J connectivity index is 3.08. The minimum Gasteiger partial charge on any atom is -0.393 e. The standard InChI is InChI=1S/C12H20N4OS/c1-7(17)5-6-16(4)12-10(11(13)18)8(2)9(3)14-15-12/h7,17H,5-6H2,1-4H3,(H2,13,18). The lowest BCUT2D eigenvalue weighted by molar-refractivity contribution is 0.187. The number of thiocarbonyl (C=S) groups is 1. The van der Waals surface area contributed by atoms with Crippen molar-refractivity contribution in [1.82, 2.24) is 10.2 Å². The van der Waals surface area contributed by atoms with Crippen molar-refractivity contribution < 1.29 is 5.11 Å². The van der Waals surface area contributed by atoms with Gasteiger partial charge in [0.2, 0.25) is 0 Å². The Morgan fingerprint density at radius 3 is 2.56 bits per heavy atom. The monoisotopic (exact) mass is 268 g/mol. The van der Waals surface area contributed by atoms with E-state index in [9.17, 15) is 5.11 Å². The topological polar surface area (TPSA) is 75.3 Å². The highest BCUT2D eigenvalue weighted by molar-refractivity contribution is 7.80. The summed E-state index contributed by atoms with van der Waals surface area (Å²) in [5.74, 6) is 0.672. The third-order valence-corrected chi connectivity index (χ3v) is 3.13. The first kappa shape index (κ1) is 14.8. The van der Waals surface area contributed by atoms with Crippen LogP contribution >= 0.6 is 12.2 Å². The molecular weight excluding hydrogens is 248 g/mol. The molecule has 100 valence electrons. The molecule has 3 N–H and O–H groups in total. The smallest absolute Gasteiger partial charge is 0.161 e. The minimum atomic E-state index is -0.347. The van der Waals surface area contributed by atoms with E-state index in [-0.39, 0.29) is 6.10 Å². The van der Waals surface area contributed by atoms with E-state index in [1.165, 1.54) is 0 Å². The number of aliphatic hydroxyl groups excluding tert-OH is 1. The maximum atomic E-state index is 9.31. The summed E-state index contributed by atoms with van der Waals surface area (Å²) < 4.78 is 0. The van der Waals surface area contributed by atoms with E-state index in [0.29, 0.717) is 23.8 Å². The first-order valence-electron chi connectivity index (χ1n) is 5.87. The summed E-state index contributed by atoms with van der Waals surface area (Å²) >= 11 is 5.09. The number of aromatic nitrogens is 2. The summed E-state index contributed by atoms with van der Waals surface area (Å²) in [4.78, 5) is 2.24. The van der Waals surface area contributed by atoms with Crippen LogP contribution in [0.1, 0.15) is 30.2 Å². The van der Waals surface area contributed by atoms with Gasteiger partial charge in [-0.15, -0.1) is 5.10 Å². The van der Waals surface area contributed by atoms with Gasteiger partial charge in [0.25, 0.3) is 0 Å². The van der Waals surface area contributed by atoms with Crippen molar-refractivity contribution in [3.05, 3.63) is 16.8 Å². The van der Waals surface area contributed by atoms with E-state index in [1.54, 1.807) is 6.92 Å². The predicted molar refractivity (Wildman–Crippen MR) is 77.0 cm³/mol. The normalized spacial score (nSPS) is 12.3. The van der Waals surface area contributed by atoms with Gasteiger partial charge in [0.15, 0.2) is 5.82 Å². The Bertz CT molecular complexity index is 448. The molecule has 0 spiro atoms. The van der Waals surface area contributed by atoms with Crippen LogP contribution in [0.15, 0.2) is 0 Å². The lowest BCUT2D eigenvalue weighted by Crippen LogP contribution is -2.27. The molecule has 0 amide bonds. The van der Waals surface area contributed by atoms with Gasteiger partial charge in [0.1, 0.15) is 4.99 Å². The van der Waals surface area contributed by atoms with Crippen LogP contribution in [0.4, 0.5) is 5.82 Å². The quantitative estimate of drug-likeness (QED) is 0.774. The molecule has 0 saturated carbocycles. The molecule has 0 aliphatic carbocycles. The third-order valence-electron chi connectivity index (χ3n) is 2.93. The average Bonchev–Trinajstić information content (AvgIpc) is 2.28. The number of aryl methyl sites for hydroxylation is 1. The van der Waals surface area contributed by atoms with Gasteiger partial charge in [-0.1, -0.05) is 12.2 Å². The number of hydrogen-bond acceptors (Lipinski definition) is 5. The first-order chi connectivity index (χ1) is 8.34. The summed E-state index contributed by atoms with van der Waals surface area (Å²) in [5.41, 5.74) is 8.31. The molecule has 1 heterocycles. The minimum absolute atomic E-state index is 0.324. The molecule has 0 radical (unpaired) electrons. The second-order valence-corrected chi connectivity index (χ2v) is 4.97. The molecule has 0 aromatic carbocycles. The molecule has 1 rings (SSSR count). The van der Waals surface area contributed by atoms with Crippen LogP contribution < -0.4 is 10.6 Å². The Morgan fingerprint density at radius 2 is 2.06 bits per heavy atom. The summed E-state index contributed by atoms with van der Waals surface area (Å²) in [6, 6.07) is 0. The molecule has 6 heteroatoms. The first-order valence-corrected chi connectivity index (χ1v) is 6.28. The Labute approximate surface area is 113 Å².